The summed E-state index contributed by atoms with van der Waals surface area (Å²) in [6.45, 7) is 0.181. The zero-order valence-electron chi connectivity index (χ0n) is 17.3. The number of benzene rings is 2. The molecule has 1 heterocycles. The molecule has 3 rings (SSSR count). The van der Waals surface area contributed by atoms with Crippen LogP contribution in [0.5, 0.6) is 11.5 Å². The van der Waals surface area contributed by atoms with Crippen molar-refractivity contribution in [3.05, 3.63) is 59.2 Å². The Bertz CT molecular complexity index is 1000. The van der Waals surface area contributed by atoms with E-state index in [9.17, 15) is 33.0 Å². The number of aromatic hydroxyl groups is 1. The molecular weight excluding hydrogens is 429 g/mol. The predicted octanol–water partition coefficient (Wildman–Crippen LogP) is 3.86. The maximum atomic E-state index is 13.3. The number of carboxylic acid groups (broad SMARTS) is 1. The van der Waals surface area contributed by atoms with Crippen LogP contribution in [0.3, 0.4) is 0 Å². The van der Waals surface area contributed by atoms with E-state index in [0.29, 0.717) is 5.56 Å². The number of phenols is 1. The summed E-state index contributed by atoms with van der Waals surface area (Å²) in [5.74, 6) is -0.793. The lowest BCUT2D eigenvalue weighted by Crippen LogP contribution is -2.50. The van der Waals surface area contributed by atoms with E-state index in [1.54, 1.807) is 6.07 Å². The highest BCUT2D eigenvalue weighted by atomic mass is 19.4. The number of hydrogen-bond donors (Lipinski definition) is 3. The van der Waals surface area contributed by atoms with Crippen molar-refractivity contribution in [2.45, 2.75) is 24.4 Å². The fourth-order valence-electron chi connectivity index (χ4n) is 3.97. The number of halogens is 3. The topological polar surface area (TPSA) is 99.1 Å². The largest absolute Gasteiger partial charge is 0.507 e. The number of carbonyl (C=O) groups excluding carboxylic acids is 1. The van der Waals surface area contributed by atoms with Crippen molar-refractivity contribution < 1.29 is 37.7 Å². The molecule has 1 fully saturated rings. The first-order chi connectivity index (χ1) is 15.1. The number of hydrogen-bond acceptors (Lipinski definition) is 4. The first-order valence-corrected chi connectivity index (χ1v) is 9.87. The van der Waals surface area contributed by atoms with E-state index in [-0.39, 0.29) is 49.5 Å². The molecule has 0 unspecified atom stereocenters. The van der Waals surface area contributed by atoms with E-state index in [0.717, 1.165) is 12.1 Å². The second-order valence-corrected chi connectivity index (χ2v) is 7.67. The van der Waals surface area contributed by atoms with Crippen molar-refractivity contribution in [1.29, 1.82) is 0 Å². The molecule has 172 valence electrons. The Hall–Kier alpha value is -3.43. The lowest BCUT2D eigenvalue weighted by molar-refractivity contribution is -0.137. The summed E-state index contributed by atoms with van der Waals surface area (Å²) >= 11 is 0. The Morgan fingerprint density at radius 3 is 2.41 bits per heavy atom. The summed E-state index contributed by atoms with van der Waals surface area (Å²) in [6, 6.07) is 9.21. The lowest BCUT2D eigenvalue weighted by Gasteiger charge is -2.41. The molecule has 7 nitrogen and oxygen atoms in total. The van der Waals surface area contributed by atoms with Crippen LogP contribution in [0.2, 0.25) is 0 Å². The number of amides is 2. The smallest absolute Gasteiger partial charge is 0.416 e. The predicted molar refractivity (Wildman–Crippen MR) is 109 cm³/mol. The summed E-state index contributed by atoms with van der Waals surface area (Å²) in [6.07, 6.45) is -5.20. The van der Waals surface area contributed by atoms with Gasteiger partial charge in [-0.2, -0.15) is 13.2 Å². The number of likely N-dealkylation sites (tertiary alicyclic amines) is 1. The van der Waals surface area contributed by atoms with Gasteiger partial charge in [0, 0.05) is 25.0 Å². The molecule has 2 aromatic carbocycles. The summed E-state index contributed by atoms with van der Waals surface area (Å²) < 4.78 is 45.0. The van der Waals surface area contributed by atoms with Gasteiger partial charge in [-0.1, -0.05) is 24.3 Å². The normalized spacial score (nSPS) is 15.8. The molecule has 32 heavy (non-hydrogen) atoms. The van der Waals surface area contributed by atoms with Crippen molar-refractivity contribution in [3.8, 4) is 11.5 Å². The van der Waals surface area contributed by atoms with Crippen LogP contribution in [-0.4, -0.2) is 53.9 Å². The minimum absolute atomic E-state index is 0.0436. The van der Waals surface area contributed by atoms with Gasteiger partial charge < -0.3 is 25.2 Å². The highest BCUT2D eigenvalue weighted by molar-refractivity contribution is 5.99. The van der Waals surface area contributed by atoms with Gasteiger partial charge in [0.2, 0.25) is 0 Å². The Morgan fingerprint density at radius 1 is 1.16 bits per heavy atom. The average molecular weight is 452 g/mol. The highest BCUT2D eigenvalue weighted by Gasteiger charge is 2.40. The van der Waals surface area contributed by atoms with Gasteiger partial charge >= 0.3 is 12.3 Å². The van der Waals surface area contributed by atoms with Gasteiger partial charge in [-0.3, -0.25) is 4.79 Å². The summed E-state index contributed by atoms with van der Waals surface area (Å²) in [5, 5.41) is 22.0. The number of nitrogens with one attached hydrogen (secondary N) is 1. The summed E-state index contributed by atoms with van der Waals surface area (Å²) in [4.78, 5) is 25.3. The van der Waals surface area contributed by atoms with Crippen molar-refractivity contribution in [2.75, 3.05) is 26.7 Å². The maximum absolute atomic E-state index is 13.3. The van der Waals surface area contributed by atoms with E-state index in [4.69, 9.17) is 4.74 Å². The summed E-state index contributed by atoms with van der Waals surface area (Å²) in [7, 11) is 1.34. The van der Waals surface area contributed by atoms with Gasteiger partial charge in [-0.15, -0.1) is 0 Å². The molecule has 1 saturated heterocycles. The van der Waals surface area contributed by atoms with Crippen LogP contribution in [0.25, 0.3) is 0 Å². The number of methoxy groups -OCH3 is 1. The third kappa shape index (κ3) is 4.74. The van der Waals surface area contributed by atoms with Gasteiger partial charge in [0.25, 0.3) is 5.91 Å². The fraction of sp³-hybridized carbons (Fsp3) is 0.364. The zero-order valence-corrected chi connectivity index (χ0v) is 17.3. The maximum Gasteiger partial charge on any atom is 0.416 e. The minimum atomic E-state index is -4.54. The zero-order chi connectivity index (χ0) is 23.5. The van der Waals surface area contributed by atoms with E-state index in [1.807, 2.05) is 0 Å². The molecule has 0 atom stereocenters. The summed E-state index contributed by atoms with van der Waals surface area (Å²) in [5.41, 5.74) is -1.46. The van der Waals surface area contributed by atoms with Gasteiger partial charge in [0.15, 0.2) is 0 Å². The van der Waals surface area contributed by atoms with Crippen LogP contribution in [-0.2, 0) is 11.6 Å². The van der Waals surface area contributed by atoms with E-state index >= 15 is 0 Å². The fourth-order valence-corrected chi connectivity index (χ4v) is 3.97. The van der Waals surface area contributed by atoms with E-state index in [2.05, 4.69) is 5.32 Å². The SMILES string of the molecule is COc1cccc(O)c1C(=O)NCC1(c2cccc(C(F)(F)F)c2)CCN(C(=O)O)CC1. The molecule has 2 aromatic rings. The number of piperidine rings is 1. The number of nitrogens with zero attached hydrogens (tertiary/aromatic N) is 1. The Labute approximate surface area is 182 Å². The van der Waals surface area contributed by atoms with Crippen LogP contribution in [0.1, 0.15) is 34.3 Å². The van der Waals surface area contributed by atoms with Crippen LogP contribution >= 0.6 is 0 Å². The lowest BCUT2D eigenvalue weighted by atomic mass is 9.72. The number of carbonyl (C=O) groups is 2. The minimum Gasteiger partial charge on any atom is -0.507 e. The molecule has 0 aromatic heterocycles. The van der Waals surface area contributed by atoms with Crippen molar-refractivity contribution in [1.82, 2.24) is 10.2 Å². The van der Waals surface area contributed by atoms with Crippen molar-refractivity contribution in [2.24, 2.45) is 0 Å². The average Bonchev–Trinajstić information content (AvgIpc) is 2.77. The van der Waals surface area contributed by atoms with E-state index in [1.165, 1.54) is 36.3 Å². The standard InChI is InChI=1S/C22H23F3N2O5/c1-32-17-7-3-6-16(28)18(17)19(29)26-13-21(8-10-27(11-9-21)20(30)31)14-4-2-5-15(12-14)22(23,24)25/h2-7,12,28H,8-11,13H2,1H3,(H,26,29)(H,30,31). The number of alkyl halides is 3. The molecule has 0 spiro atoms. The second kappa shape index (κ2) is 8.97. The van der Waals surface area contributed by atoms with E-state index < -0.39 is 29.2 Å². The molecule has 0 saturated carbocycles. The Balaban J connectivity index is 1.92. The molecule has 3 N–H and O–H groups in total. The molecule has 0 bridgehead atoms. The first-order valence-electron chi connectivity index (χ1n) is 9.87. The second-order valence-electron chi connectivity index (χ2n) is 7.67. The molecule has 2 amide bonds. The quantitative estimate of drug-likeness (QED) is 0.640. The van der Waals surface area contributed by atoms with Gasteiger partial charge in [-0.05, 0) is 36.6 Å². The molecule has 0 aliphatic carbocycles. The number of rotatable bonds is 5. The van der Waals surface area contributed by atoms with Crippen LogP contribution in [0.15, 0.2) is 42.5 Å². The van der Waals surface area contributed by atoms with Crippen LogP contribution in [0.4, 0.5) is 18.0 Å². The van der Waals surface area contributed by atoms with Crippen molar-refractivity contribution in [3.63, 3.8) is 0 Å². The Kier molecular flexibility index (Phi) is 6.52. The van der Waals surface area contributed by atoms with Crippen LogP contribution in [0, 0.1) is 0 Å². The van der Waals surface area contributed by atoms with Crippen molar-refractivity contribution >= 4 is 12.0 Å². The highest BCUT2D eigenvalue weighted by Crippen LogP contribution is 2.38. The third-order valence-corrected chi connectivity index (χ3v) is 5.83. The molecule has 1 aliphatic rings. The third-order valence-electron chi connectivity index (χ3n) is 5.83. The van der Waals surface area contributed by atoms with Gasteiger partial charge in [0.05, 0.1) is 12.7 Å². The first kappa shape index (κ1) is 23.2. The number of ether oxygens (including phenoxy) is 1. The van der Waals surface area contributed by atoms with Gasteiger partial charge in [-0.25, -0.2) is 4.79 Å². The molecule has 10 heteroatoms. The Morgan fingerprint density at radius 2 is 1.81 bits per heavy atom. The molecule has 1 aliphatic heterocycles. The molecule has 0 radical (unpaired) electrons. The van der Waals surface area contributed by atoms with Crippen LogP contribution < -0.4 is 10.1 Å². The number of phenolic OH excluding ortho intramolecular Hbond substituents is 1. The monoisotopic (exact) mass is 452 g/mol. The molecular formula is C22H23F3N2O5. The van der Waals surface area contributed by atoms with Gasteiger partial charge in [0.1, 0.15) is 17.1 Å².